The molecule has 0 unspecified atom stereocenters. The number of hydrogen-bond donors (Lipinski definition) is 1. The predicted octanol–water partition coefficient (Wildman–Crippen LogP) is 4.62. The molecule has 2 aromatic rings. The summed E-state index contributed by atoms with van der Waals surface area (Å²) in [5.74, 6) is 1.25. The van der Waals surface area contributed by atoms with E-state index in [-0.39, 0.29) is 12.5 Å². The summed E-state index contributed by atoms with van der Waals surface area (Å²) in [6.07, 6.45) is 3.24. The summed E-state index contributed by atoms with van der Waals surface area (Å²) in [6.45, 7) is 8.87. The highest BCUT2D eigenvalue weighted by Crippen LogP contribution is 2.40. The van der Waals surface area contributed by atoms with Gasteiger partial charge in [-0.2, -0.15) is 0 Å². The number of hydrogen-bond acceptors (Lipinski definition) is 4. The lowest BCUT2D eigenvalue weighted by Crippen LogP contribution is -2.26. The van der Waals surface area contributed by atoms with Crippen molar-refractivity contribution in [3.8, 4) is 5.75 Å². The average Bonchev–Trinajstić information content (AvgIpc) is 2.94. The van der Waals surface area contributed by atoms with Crippen LogP contribution in [0.2, 0.25) is 0 Å². The average molecular weight is 359 g/mol. The number of rotatable bonds is 4. The number of carbonyl (C=O) groups is 1. The van der Waals surface area contributed by atoms with Gasteiger partial charge in [0.2, 0.25) is 0 Å². The molecular formula is C20H26N2O2S. The van der Waals surface area contributed by atoms with Crippen molar-refractivity contribution in [2.45, 2.75) is 47.0 Å². The number of amides is 1. The third kappa shape index (κ3) is 4.40. The Morgan fingerprint density at radius 3 is 2.84 bits per heavy atom. The number of ether oxygens (including phenoxy) is 1. The van der Waals surface area contributed by atoms with Gasteiger partial charge in [0.05, 0.1) is 5.69 Å². The van der Waals surface area contributed by atoms with Crippen LogP contribution in [0.25, 0.3) is 0 Å². The van der Waals surface area contributed by atoms with Gasteiger partial charge in [0.25, 0.3) is 5.91 Å². The quantitative estimate of drug-likeness (QED) is 0.867. The van der Waals surface area contributed by atoms with E-state index in [2.05, 4.69) is 31.1 Å². The fourth-order valence-corrected chi connectivity index (χ4v) is 4.29. The Morgan fingerprint density at radius 2 is 2.12 bits per heavy atom. The van der Waals surface area contributed by atoms with Gasteiger partial charge in [-0.15, -0.1) is 11.3 Å². The van der Waals surface area contributed by atoms with Crippen LogP contribution in [0, 0.1) is 18.3 Å². The smallest absolute Gasteiger partial charge is 0.264 e. The standard InChI is InChI=1S/C20H26N2O2S/c1-13-7-5-6-8-16(13)24-12-18(23)22-19-21-15-10-9-14(20(2,3)4)11-17(15)25-19/h5-8,14H,9-12H2,1-4H3,(H,21,22,23)/t14-/m1/s1. The van der Waals surface area contributed by atoms with Crippen LogP contribution in [0.3, 0.4) is 0 Å². The first-order valence-corrected chi connectivity index (χ1v) is 9.61. The van der Waals surface area contributed by atoms with E-state index in [9.17, 15) is 4.79 Å². The molecule has 0 spiro atoms. The van der Waals surface area contributed by atoms with Crippen molar-refractivity contribution in [3.63, 3.8) is 0 Å². The topological polar surface area (TPSA) is 51.2 Å². The molecule has 1 aromatic carbocycles. The van der Waals surface area contributed by atoms with Crippen LogP contribution >= 0.6 is 11.3 Å². The van der Waals surface area contributed by atoms with Crippen molar-refractivity contribution >= 4 is 22.4 Å². The van der Waals surface area contributed by atoms with E-state index in [4.69, 9.17) is 4.74 Å². The second kappa shape index (κ2) is 7.16. The van der Waals surface area contributed by atoms with E-state index in [0.717, 1.165) is 29.8 Å². The molecule has 1 atom stereocenters. The van der Waals surface area contributed by atoms with Gasteiger partial charge in [0.15, 0.2) is 11.7 Å². The molecule has 0 fully saturated rings. The van der Waals surface area contributed by atoms with Crippen molar-refractivity contribution in [3.05, 3.63) is 40.4 Å². The summed E-state index contributed by atoms with van der Waals surface area (Å²) < 4.78 is 5.60. The molecule has 134 valence electrons. The first kappa shape index (κ1) is 17.9. The van der Waals surface area contributed by atoms with E-state index in [0.29, 0.717) is 16.5 Å². The van der Waals surface area contributed by atoms with E-state index in [1.807, 2.05) is 31.2 Å². The van der Waals surface area contributed by atoms with Crippen LogP contribution in [0.5, 0.6) is 5.75 Å². The van der Waals surface area contributed by atoms with Crippen LogP contribution in [0.4, 0.5) is 5.13 Å². The van der Waals surface area contributed by atoms with Crippen molar-refractivity contribution in [2.24, 2.45) is 11.3 Å². The monoisotopic (exact) mass is 358 g/mol. The van der Waals surface area contributed by atoms with Crippen molar-refractivity contribution in [2.75, 3.05) is 11.9 Å². The van der Waals surface area contributed by atoms with Gasteiger partial charge in [-0.05, 0) is 49.1 Å². The molecule has 5 heteroatoms. The molecule has 0 aliphatic heterocycles. The highest BCUT2D eigenvalue weighted by Gasteiger charge is 2.30. The second-order valence-corrected chi connectivity index (χ2v) is 8.88. The Morgan fingerprint density at radius 1 is 1.36 bits per heavy atom. The third-order valence-electron chi connectivity index (χ3n) is 4.86. The van der Waals surface area contributed by atoms with Crippen molar-refractivity contribution in [1.29, 1.82) is 0 Å². The van der Waals surface area contributed by atoms with Crippen LogP contribution in [0.15, 0.2) is 24.3 Å². The fraction of sp³-hybridized carbons (Fsp3) is 0.500. The molecule has 0 radical (unpaired) electrons. The zero-order chi connectivity index (χ0) is 18.0. The molecule has 1 amide bonds. The molecule has 1 aliphatic rings. The Balaban J connectivity index is 1.58. The molecule has 1 aromatic heterocycles. The number of thiazole rings is 1. The SMILES string of the molecule is Cc1ccccc1OCC(=O)Nc1nc2c(s1)C[C@H](C(C)(C)C)CC2. The molecule has 0 saturated heterocycles. The number of nitrogens with zero attached hydrogens (tertiary/aromatic N) is 1. The largest absolute Gasteiger partial charge is 0.483 e. The van der Waals surface area contributed by atoms with Crippen molar-refractivity contribution < 1.29 is 9.53 Å². The predicted molar refractivity (Wildman–Crippen MR) is 102 cm³/mol. The van der Waals surface area contributed by atoms with Crippen LogP contribution in [-0.2, 0) is 17.6 Å². The lowest BCUT2D eigenvalue weighted by atomic mass is 9.73. The Hall–Kier alpha value is -1.88. The van der Waals surface area contributed by atoms with Gasteiger partial charge in [0.1, 0.15) is 5.75 Å². The molecular weight excluding hydrogens is 332 g/mol. The summed E-state index contributed by atoms with van der Waals surface area (Å²) in [4.78, 5) is 18.1. The lowest BCUT2D eigenvalue weighted by molar-refractivity contribution is -0.118. The molecule has 3 rings (SSSR count). The van der Waals surface area contributed by atoms with E-state index >= 15 is 0 Å². The molecule has 0 saturated carbocycles. The molecule has 1 heterocycles. The minimum Gasteiger partial charge on any atom is -0.483 e. The second-order valence-electron chi connectivity index (χ2n) is 7.80. The van der Waals surface area contributed by atoms with Gasteiger partial charge < -0.3 is 4.74 Å². The van der Waals surface area contributed by atoms with Gasteiger partial charge in [0, 0.05) is 4.88 Å². The van der Waals surface area contributed by atoms with E-state index in [1.165, 1.54) is 11.3 Å². The zero-order valence-electron chi connectivity index (χ0n) is 15.4. The number of fused-ring (bicyclic) bond motifs is 1. The number of nitrogens with one attached hydrogen (secondary N) is 1. The van der Waals surface area contributed by atoms with Crippen LogP contribution in [0.1, 0.15) is 43.3 Å². The minimum atomic E-state index is -0.165. The minimum absolute atomic E-state index is 0.000282. The summed E-state index contributed by atoms with van der Waals surface area (Å²) in [5.41, 5.74) is 2.49. The zero-order valence-corrected chi connectivity index (χ0v) is 16.2. The summed E-state index contributed by atoms with van der Waals surface area (Å²) in [6, 6.07) is 7.69. The Labute approximate surface area is 153 Å². The number of benzene rings is 1. The number of para-hydroxylation sites is 1. The van der Waals surface area contributed by atoms with Crippen LogP contribution < -0.4 is 10.1 Å². The first-order valence-electron chi connectivity index (χ1n) is 8.80. The Bertz CT molecular complexity index is 761. The lowest BCUT2D eigenvalue weighted by Gasteiger charge is -2.33. The summed E-state index contributed by atoms with van der Waals surface area (Å²) in [5, 5.41) is 3.58. The molecule has 25 heavy (non-hydrogen) atoms. The normalized spacial score (nSPS) is 17.0. The van der Waals surface area contributed by atoms with Gasteiger partial charge in [-0.25, -0.2) is 4.98 Å². The summed E-state index contributed by atoms with van der Waals surface area (Å²) >= 11 is 1.61. The fourth-order valence-electron chi connectivity index (χ4n) is 3.18. The molecule has 1 aliphatic carbocycles. The van der Waals surface area contributed by atoms with Gasteiger partial charge in [-0.1, -0.05) is 39.0 Å². The van der Waals surface area contributed by atoms with E-state index < -0.39 is 0 Å². The summed E-state index contributed by atoms with van der Waals surface area (Å²) in [7, 11) is 0. The maximum Gasteiger partial charge on any atom is 0.264 e. The maximum absolute atomic E-state index is 12.2. The molecule has 1 N–H and O–H groups in total. The Kier molecular flexibility index (Phi) is 5.13. The van der Waals surface area contributed by atoms with Gasteiger partial charge >= 0.3 is 0 Å². The number of aromatic nitrogens is 1. The first-order chi connectivity index (χ1) is 11.8. The van der Waals surface area contributed by atoms with E-state index in [1.54, 1.807) is 11.3 Å². The number of anilines is 1. The third-order valence-corrected chi connectivity index (χ3v) is 5.90. The maximum atomic E-state index is 12.2. The molecule has 0 bridgehead atoms. The molecule has 4 nitrogen and oxygen atoms in total. The van der Waals surface area contributed by atoms with Gasteiger partial charge in [-0.3, -0.25) is 10.1 Å². The van der Waals surface area contributed by atoms with Crippen molar-refractivity contribution in [1.82, 2.24) is 4.98 Å². The highest BCUT2D eigenvalue weighted by molar-refractivity contribution is 7.15. The number of aryl methyl sites for hydroxylation is 2. The number of carbonyl (C=O) groups excluding carboxylic acids is 1. The van der Waals surface area contributed by atoms with Crippen LogP contribution in [-0.4, -0.2) is 17.5 Å². The highest BCUT2D eigenvalue weighted by atomic mass is 32.1.